The first-order valence-corrected chi connectivity index (χ1v) is 4.88. The standard InChI is InChI=1S/C12H13NO2/c1-9-11(3-2-5-13-9)12(14)7-10-4-6-15-8-10/h2-6,8,12,14H,7H2,1H3. The molecule has 15 heavy (non-hydrogen) atoms. The van der Waals surface area contributed by atoms with E-state index in [1.165, 1.54) is 0 Å². The van der Waals surface area contributed by atoms with Crippen molar-refractivity contribution < 1.29 is 9.52 Å². The highest BCUT2D eigenvalue weighted by atomic mass is 16.3. The Balaban J connectivity index is 2.15. The van der Waals surface area contributed by atoms with Crippen molar-refractivity contribution in [1.29, 1.82) is 0 Å². The summed E-state index contributed by atoms with van der Waals surface area (Å²) in [5.41, 5.74) is 2.73. The first kappa shape index (κ1) is 9.93. The number of hydrogen-bond donors (Lipinski definition) is 1. The summed E-state index contributed by atoms with van der Waals surface area (Å²) in [5.74, 6) is 0. The second kappa shape index (κ2) is 4.28. The molecule has 0 aromatic carbocycles. The van der Waals surface area contributed by atoms with Crippen LogP contribution in [0.5, 0.6) is 0 Å². The maximum absolute atomic E-state index is 9.99. The van der Waals surface area contributed by atoms with Crippen molar-refractivity contribution in [3.05, 3.63) is 53.7 Å². The molecule has 0 amide bonds. The van der Waals surface area contributed by atoms with Crippen molar-refractivity contribution in [2.45, 2.75) is 19.4 Å². The van der Waals surface area contributed by atoms with Crippen molar-refractivity contribution in [3.63, 3.8) is 0 Å². The van der Waals surface area contributed by atoms with E-state index >= 15 is 0 Å². The van der Waals surface area contributed by atoms with Crippen LogP contribution in [-0.4, -0.2) is 10.1 Å². The summed E-state index contributed by atoms with van der Waals surface area (Å²) in [4.78, 5) is 4.15. The van der Waals surface area contributed by atoms with Crippen molar-refractivity contribution in [1.82, 2.24) is 4.98 Å². The molecule has 0 aliphatic carbocycles. The first-order valence-electron chi connectivity index (χ1n) is 4.88. The highest BCUT2D eigenvalue weighted by molar-refractivity contribution is 5.23. The van der Waals surface area contributed by atoms with Gasteiger partial charge in [-0.25, -0.2) is 0 Å². The predicted molar refractivity (Wildman–Crippen MR) is 56.3 cm³/mol. The van der Waals surface area contributed by atoms with Crippen LogP contribution >= 0.6 is 0 Å². The van der Waals surface area contributed by atoms with Gasteiger partial charge in [0.25, 0.3) is 0 Å². The maximum atomic E-state index is 9.99. The van der Waals surface area contributed by atoms with Gasteiger partial charge in [0, 0.05) is 23.9 Å². The molecular weight excluding hydrogens is 190 g/mol. The van der Waals surface area contributed by atoms with Gasteiger partial charge in [-0.1, -0.05) is 6.07 Å². The summed E-state index contributed by atoms with van der Waals surface area (Å²) in [6.07, 6.45) is 5.02. The van der Waals surface area contributed by atoms with E-state index in [1.807, 2.05) is 25.1 Å². The fraction of sp³-hybridized carbons (Fsp3) is 0.250. The fourth-order valence-corrected chi connectivity index (χ4v) is 1.59. The average Bonchev–Trinajstić information content (AvgIpc) is 2.71. The molecule has 2 aromatic heterocycles. The third kappa shape index (κ3) is 2.25. The summed E-state index contributed by atoms with van der Waals surface area (Å²) >= 11 is 0. The van der Waals surface area contributed by atoms with Gasteiger partial charge in [-0.2, -0.15) is 0 Å². The number of pyridine rings is 1. The minimum atomic E-state index is -0.517. The summed E-state index contributed by atoms with van der Waals surface area (Å²) in [7, 11) is 0. The molecule has 2 aromatic rings. The van der Waals surface area contributed by atoms with Gasteiger partial charge in [-0.15, -0.1) is 0 Å². The smallest absolute Gasteiger partial charge is 0.0935 e. The van der Waals surface area contributed by atoms with Crippen molar-refractivity contribution >= 4 is 0 Å². The van der Waals surface area contributed by atoms with Gasteiger partial charge in [0.2, 0.25) is 0 Å². The molecule has 1 unspecified atom stereocenters. The number of aromatic nitrogens is 1. The lowest BCUT2D eigenvalue weighted by Crippen LogP contribution is -2.04. The molecule has 78 valence electrons. The maximum Gasteiger partial charge on any atom is 0.0935 e. The van der Waals surface area contributed by atoms with Gasteiger partial charge in [0.05, 0.1) is 18.6 Å². The predicted octanol–water partition coefficient (Wildman–Crippen LogP) is 2.26. The molecule has 2 rings (SSSR count). The molecule has 0 fully saturated rings. The number of hydrogen-bond acceptors (Lipinski definition) is 3. The number of rotatable bonds is 3. The van der Waals surface area contributed by atoms with Crippen LogP contribution in [0.1, 0.15) is 22.9 Å². The van der Waals surface area contributed by atoms with Crippen LogP contribution in [0, 0.1) is 6.92 Å². The highest BCUT2D eigenvalue weighted by Crippen LogP contribution is 2.20. The summed E-state index contributed by atoms with van der Waals surface area (Å²) in [5, 5.41) is 9.99. The van der Waals surface area contributed by atoms with Crippen molar-refractivity contribution in [2.75, 3.05) is 0 Å². The van der Waals surface area contributed by atoms with Gasteiger partial charge in [-0.3, -0.25) is 4.98 Å². The SMILES string of the molecule is Cc1ncccc1C(O)Cc1ccoc1. The largest absolute Gasteiger partial charge is 0.472 e. The van der Waals surface area contributed by atoms with Gasteiger partial charge in [0.15, 0.2) is 0 Å². The number of furan rings is 1. The number of aliphatic hydroxyl groups excluding tert-OH is 1. The van der Waals surface area contributed by atoms with E-state index in [9.17, 15) is 5.11 Å². The normalized spacial score (nSPS) is 12.7. The zero-order valence-corrected chi connectivity index (χ0v) is 8.55. The fourth-order valence-electron chi connectivity index (χ4n) is 1.59. The molecule has 0 saturated carbocycles. The second-order valence-electron chi connectivity index (χ2n) is 3.53. The first-order chi connectivity index (χ1) is 7.27. The lowest BCUT2D eigenvalue weighted by Gasteiger charge is -2.11. The lowest BCUT2D eigenvalue weighted by molar-refractivity contribution is 0.177. The average molecular weight is 203 g/mol. The topological polar surface area (TPSA) is 46.3 Å². The molecule has 0 spiro atoms. The third-order valence-electron chi connectivity index (χ3n) is 2.42. The molecule has 0 radical (unpaired) electrons. The quantitative estimate of drug-likeness (QED) is 0.832. The molecule has 3 heteroatoms. The molecule has 1 atom stereocenters. The van der Waals surface area contributed by atoms with E-state index in [1.54, 1.807) is 18.7 Å². The Morgan fingerprint density at radius 3 is 3.00 bits per heavy atom. The van der Waals surface area contributed by atoms with E-state index < -0.39 is 6.10 Å². The Morgan fingerprint density at radius 2 is 2.33 bits per heavy atom. The minimum Gasteiger partial charge on any atom is -0.472 e. The molecule has 0 aliphatic rings. The van der Waals surface area contributed by atoms with Gasteiger partial charge in [0.1, 0.15) is 0 Å². The van der Waals surface area contributed by atoms with Gasteiger partial charge >= 0.3 is 0 Å². The van der Waals surface area contributed by atoms with Crippen LogP contribution in [-0.2, 0) is 6.42 Å². The summed E-state index contributed by atoms with van der Waals surface area (Å²) in [6, 6.07) is 5.59. The lowest BCUT2D eigenvalue weighted by atomic mass is 10.0. The Hall–Kier alpha value is -1.61. The van der Waals surface area contributed by atoms with E-state index in [0.717, 1.165) is 16.8 Å². The van der Waals surface area contributed by atoms with Crippen LogP contribution < -0.4 is 0 Å². The Bertz CT molecular complexity index is 423. The number of aliphatic hydroxyl groups is 1. The minimum absolute atomic E-state index is 0.517. The molecule has 0 saturated heterocycles. The molecular formula is C12H13NO2. The van der Waals surface area contributed by atoms with E-state index in [-0.39, 0.29) is 0 Å². The second-order valence-corrected chi connectivity index (χ2v) is 3.53. The summed E-state index contributed by atoms with van der Waals surface area (Å²) < 4.78 is 4.95. The molecule has 2 heterocycles. The van der Waals surface area contributed by atoms with E-state index in [4.69, 9.17) is 4.42 Å². The number of aryl methyl sites for hydroxylation is 1. The monoisotopic (exact) mass is 203 g/mol. The molecule has 3 nitrogen and oxygen atoms in total. The Kier molecular flexibility index (Phi) is 2.83. The molecule has 1 N–H and O–H groups in total. The zero-order valence-electron chi connectivity index (χ0n) is 8.55. The van der Waals surface area contributed by atoms with Gasteiger partial charge in [-0.05, 0) is 24.6 Å². The van der Waals surface area contributed by atoms with Gasteiger partial charge < -0.3 is 9.52 Å². The van der Waals surface area contributed by atoms with Crippen molar-refractivity contribution in [2.24, 2.45) is 0 Å². The Labute approximate surface area is 88.4 Å². The molecule has 0 bridgehead atoms. The van der Waals surface area contributed by atoms with Crippen LogP contribution in [0.3, 0.4) is 0 Å². The molecule has 0 aliphatic heterocycles. The van der Waals surface area contributed by atoms with E-state index in [2.05, 4.69) is 4.98 Å². The van der Waals surface area contributed by atoms with Crippen LogP contribution in [0.25, 0.3) is 0 Å². The Morgan fingerprint density at radius 1 is 1.47 bits per heavy atom. The van der Waals surface area contributed by atoms with Crippen molar-refractivity contribution in [3.8, 4) is 0 Å². The number of nitrogens with zero attached hydrogens (tertiary/aromatic N) is 1. The third-order valence-corrected chi connectivity index (χ3v) is 2.42. The zero-order chi connectivity index (χ0) is 10.7. The van der Waals surface area contributed by atoms with Crippen LogP contribution in [0.15, 0.2) is 41.3 Å². The summed E-state index contributed by atoms with van der Waals surface area (Å²) in [6.45, 7) is 1.90. The van der Waals surface area contributed by atoms with Crippen LogP contribution in [0.4, 0.5) is 0 Å². The van der Waals surface area contributed by atoms with E-state index in [0.29, 0.717) is 6.42 Å². The highest BCUT2D eigenvalue weighted by Gasteiger charge is 2.11. The van der Waals surface area contributed by atoms with Crippen LogP contribution in [0.2, 0.25) is 0 Å².